The standard InChI is InChI=1S/C15H22N2O2S2/c1-11-10-21-6-5-17(11)8-13(18)9-19-14-4-2-3-12(7-14)15(16)20/h2-4,7,11,13,18H,5-6,8-10H2,1H3,(H2,16,20). The summed E-state index contributed by atoms with van der Waals surface area (Å²) in [6, 6.07) is 7.85. The quantitative estimate of drug-likeness (QED) is 0.773. The summed E-state index contributed by atoms with van der Waals surface area (Å²) < 4.78 is 5.64. The van der Waals surface area contributed by atoms with E-state index in [-0.39, 0.29) is 6.61 Å². The number of nitrogens with zero attached hydrogens (tertiary/aromatic N) is 1. The van der Waals surface area contributed by atoms with Crippen molar-refractivity contribution in [3.05, 3.63) is 29.8 Å². The molecule has 2 rings (SSSR count). The number of hydrogen-bond donors (Lipinski definition) is 2. The number of nitrogens with two attached hydrogens (primary N) is 1. The molecule has 0 amide bonds. The average Bonchev–Trinajstić information content (AvgIpc) is 2.48. The van der Waals surface area contributed by atoms with Gasteiger partial charge in [-0.1, -0.05) is 24.4 Å². The van der Waals surface area contributed by atoms with Crippen LogP contribution < -0.4 is 10.5 Å². The van der Waals surface area contributed by atoms with E-state index in [2.05, 4.69) is 11.8 Å². The van der Waals surface area contributed by atoms with Crippen LogP contribution in [0.3, 0.4) is 0 Å². The van der Waals surface area contributed by atoms with Crippen molar-refractivity contribution < 1.29 is 9.84 Å². The van der Waals surface area contributed by atoms with E-state index in [0.717, 1.165) is 23.6 Å². The molecule has 6 heteroatoms. The van der Waals surface area contributed by atoms with Crippen LogP contribution in [0.4, 0.5) is 0 Å². The summed E-state index contributed by atoms with van der Waals surface area (Å²) in [5.74, 6) is 2.94. The van der Waals surface area contributed by atoms with Crippen LogP contribution in [0, 0.1) is 0 Å². The van der Waals surface area contributed by atoms with E-state index in [4.69, 9.17) is 22.7 Å². The lowest BCUT2D eigenvalue weighted by atomic mass is 10.2. The normalized spacial score (nSPS) is 21.0. The number of thioether (sulfide) groups is 1. The predicted molar refractivity (Wildman–Crippen MR) is 92.2 cm³/mol. The molecule has 1 aromatic carbocycles. The zero-order valence-electron chi connectivity index (χ0n) is 12.2. The summed E-state index contributed by atoms with van der Waals surface area (Å²) in [6.07, 6.45) is -0.496. The highest BCUT2D eigenvalue weighted by molar-refractivity contribution is 7.99. The van der Waals surface area contributed by atoms with Gasteiger partial charge in [0.15, 0.2) is 0 Å². The van der Waals surface area contributed by atoms with Crippen molar-refractivity contribution in [2.75, 3.05) is 31.2 Å². The van der Waals surface area contributed by atoms with Gasteiger partial charge in [0.05, 0.1) is 0 Å². The van der Waals surface area contributed by atoms with E-state index in [9.17, 15) is 5.11 Å². The van der Waals surface area contributed by atoms with Crippen LogP contribution >= 0.6 is 24.0 Å². The van der Waals surface area contributed by atoms with Gasteiger partial charge in [0.1, 0.15) is 23.4 Å². The molecule has 0 radical (unpaired) electrons. The predicted octanol–water partition coefficient (Wildman–Crippen LogP) is 1.50. The van der Waals surface area contributed by atoms with Gasteiger partial charge in [-0.25, -0.2) is 0 Å². The first-order chi connectivity index (χ1) is 10.1. The number of aliphatic hydroxyl groups is 1. The molecule has 21 heavy (non-hydrogen) atoms. The highest BCUT2D eigenvalue weighted by atomic mass is 32.2. The fourth-order valence-corrected chi connectivity index (χ4v) is 3.50. The van der Waals surface area contributed by atoms with Gasteiger partial charge < -0.3 is 15.6 Å². The number of aliphatic hydroxyl groups excluding tert-OH is 1. The Morgan fingerprint density at radius 2 is 2.43 bits per heavy atom. The minimum Gasteiger partial charge on any atom is -0.491 e. The van der Waals surface area contributed by atoms with Crippen LogP contribution in [0.2, 0.25) is 0 Å². The molecule has 4 nitrogen and oxygen atoms in total. The minimum atomic E-state index is -0.496. The molecule has 3 N–H and O–H groups in total. The molecule has 2 atom stereocenters. The first kappa shape index (κ1) is 16.5. The van der Waals surface area contributed by atoms with Crippen molar-refractivity contribution in [3.8, 4) is 5.75 Å². The molecule has 1 fully saturated rings. The Bertz CT molecular complexity index is 484. The van der Waals surface area contributed by atoms with Gasteiger partial charge in [-0.3, -0.25) is 4.90 Å². The smallest absolute Gasteiger partial charge is 0.120 e. The lowest BCUT2D eigenvalue weighted by molar-refractivity contribution is 0.0596. The lowest BCUT2D eigenvalue weighted by Gasteiger charge is -2.34. The molecule has 2 unspecified atom stereocenters. The van der Waals surface area contributed by atoms with E-state index in [0.29, 0.717) is 23.3 Å². The molecule has 0 bridgehead atoms. The Morgan fingerprint density at radius 1 is 1.62 bits per heavy atom. The van der Waals surface area contributed by atoms with Crippen LogP contribution in [0.1, 0.15) is 12.5 Å². The number of ether oxygens (including phenoxy) is 1. The van der Waals surface area contributed by atoms with E-state index in [1.807, 2.05) is 30.0 Å². The van der Waals surface area contributed by atoms with Crippen molar-refractivity contribution >= 4 is 29.0 Å². The molecule has 116 valence electrons. The fraction of sp³-hybridized carbons (Fsp3) is 0.533. The second-order valence-corrected chi connectivity index (χ2v) is 6.87. The van der Waals surface area contributed by atoms with Gasteiger partial charge in [-0.05, 0) is 19.1 Å². The van der Waals surface area contributed by atoms with Crippen molar-refractivity contribution in [1.82, 2.24) is 4.90 Å². The second kappa shape index (κ2) is 7.98. The Balaban J connectivity index is 1.82. The third-order valence-electron chi connectivity index (χ3n) is 3.51. The first-order valence-corrected chi connectivity index (χ1v) is 8.65. The molecular weight excluding hydrogens is 304 g/mol. The third-order valence-corrected chi connectivity index (χ3v) is 4.94. The first-order valence-electron chi connectivity index (χ1n) is 7.09. The number of rotatable bonds is 6. The maximum Gasteiger partial charge on any atom is 0.120 e. The van der Waals surface area contributed by atoms with Crippen LogP contribution in [0.15, 0.2) is 24.3 Å². The SMILES string of the molecule is CC1CSCCN1CC(O)COc1cccc(C(N)=S)c1. The van der Waals surface area contributed by atoms with Gasteiger partial charge in [0, 0.05) is 36.2 Å². The van der Waals surface area contributed by atoms with Gasteiger partial charge in [-0.2, -0.15) is 11.8 Å². The van der Waals surface area contributed by atoms with Crippen LogP contribution in [0.5, 0.6) is 5.75 Å². The number of thiocarbonyl (C=S) groups is 1. The molecule has 0 aromatic heterocycles. The summed E-state index contributed by atoms with van der Waals surface area (Å²) in [7, 11) is 0. The van der Waals surface area contributed by atoms with Crippen molar-refractivity contribution in [1.29, 1.82) is 0 Å². The largest absolute Gasteiger partial charge is 0.491 e. The molecule has 0 saturated carbocycles. The van der Waals surface area contributed by atoms with Crippen LogP contribution in [0.25, 0.3) is 0 Å². The van der Waals surface area contributed by atoms with E-state index in [1.54, 1.807) is 6.07 Å². The number of benzene rings is 1. The molecule has 1 aliphatic rings. The monoisotopic (exact) mass is 326 g/mol. The minimum absolute atomic E-state index is 0.275. The fourth-order valence-electron chi connectivity index (χ4n) is 2.29. The van der Waals surface area contributed by atoms with Gasteiger partial charge in [0.2, 0.25) is 0 Å². The number of hydrogen-bond acceptors (Lipinski definition) is 5. The third kappa shape index (κ3) is 5.14. The Labute approximate surface area is 135 Å². The van der Waals surface area contributed by atoms with Crippen molar-refractivity contribution in [2.24, 2.45) is 5.73 Å². The van der Waals surface area contributed by atoms with Crippen molar-refractivity contribution in [2.45, 2.75) is 19.1 Å². The Kier molecular flexibility index (Phi) is 6.29. The summed E-state index contributed by atoms with van der Waals surface area (Å²) >= 11 is 6.91. The highest BCUT2D eigenvalue weighted by Crippen LogP contribution is 2.17. The Morgan fingerprint density at radius 3 is 3.14 bits per heavy atom. The molecule has 1 aromatic rings. The maximum atomic E-state index is 10.1. The van der Waals surface area contributed by atoms with Gasteiger partial charge in [0.25, 0.3) is 0 Å². The number of β-amino-alcohol motifs (C(OH)–C–C–N with tert-alkyl or cyclic N) is 1. The zero-order valence-corrected chi connectivity index (χ0v) is 13.8. The van der Waals surface area contributed by atoms with Crippen molar-refractivity contribution in [3.63, 3.8) is 0 Å². The van der Waals surface area contributed by atoms with E-state index >= 15 is 0 Å². The van der Waals surface area contributed by atoms with Gasteiger partial charge in [-0.15, -0.1) is 0 Å². The van der Waals surface area contributed by atoms with E-state index < -0.39 is 6.10 Å². The van der Waals surface area contributed by atoms with Gasteiger partial charge >= 0.3 is 0 Å². The zero-order chi connectivity index (χ0) is 15.2. The molecular formula is C15H22N2O2S2. The van der Waals surface area contributed by atoms with E-state index in [1.165, 1.54) is 0 Å². The summed E-state index contributed by atoms with van der Waals surface area (Å²) in [6.45, 7) is 4.15. The summed E-state index contributed by atoms with van der Waals surface area (Å²) in [5, 5.41) is 10.1. The average molecular weight is 326 g/mol. The maximum absolute atomic E-state index is 10.1. The van der Waals surface area contributed by atoms with Crippen LogP contribution in [-0.2, 0) is 0 Å². The molecule has 0 aliphatic carbocycles. The lowest BCUT2D eigenvalue weighted by Crippen LogP contribution is -2.45. The Hall–Kier alpha value is -0.820. The van der Waals surface area contributed by atoms with Crippen LogP contribution in [-0.4, -0.2) is 58.3 Å². The topological polar surface area (TPSA) is 58.7 Å². The molecule has 1 heterocycles. The summed E-state index contributed by atoms with van der Waals surface area (Å²) in [5.41, 5.74) is 6.37. The highest BCUT2D eigenvalue weighted by Gasteiger charge is 2.21. The molecule has 0 spiro atoms. The summed E-state index contributed by atoms with van der Waals surface area (Å²) in [4.78, 5) is 2.66. The molecule has 1 saturated heterocycles. The second-order valence-electron chi connectivity index (χ2n) is 5.28. The molecule has 1 aliphatic heterocycles.